The van der Waals surface area contributed by atoms with Gasteiger partial charge in [-0.15, -0.1) is 0 Å². The minimum atomic E-state index is 0.483. The second kappa shape index (κ2) is 4.80. The molecule has 0 unspecified atom stereocenters. The lowest BCUT2D eigenvalue weighted by molar-refractivity contribution is 0.388. The molecule has 0 amide bonds. The Labute approximate surface area is 92.9 Å². The normalized spacial score (nSPS) is 27.9. The Morgan fingerprint density at radius 1 is 1.20 bits per heavy atom. The van der Waals surface area contributed by atoms with Crippen LogP contribution in [0.1, 0.15) is 44.7 Å². The van der Waals surface area contributed by atoms with Crippen molar-refractivity contribution in [3.63, 3.8) is 0 Å². The van der Waals surface area contributed by atoms with Crippen molar-refractivity contribution in [3.8, 4) is 0 Å². The van der Waals surface area contributed by atoms with Gasteiger partial charge in [0, 0.05) is 12.1 Å². The number of benzene rings is 1. The first-order valence-corrected chi connectivity index (χ1v) is 6.08. The maximum absolute atomic E-state index is 3.74. The summed E-state index contributed by atoms with van der Waals surface area (Å²) in [5, 5.41) is 3.74. The summed E-state index contributed by atoms with van der Waals surface area (Å²) in [6.45, 7) is 4.63. The first kappa shape index (κ1) is 10.7. The van der Waals surface area contributed by atoms with E-state index in [4.69, 9.17) is 0 Å². The lowest BCUT2D eigenvalue weighted by Crippen LogP contribution is -2.33. The molecule has 1 aromatic rings. The predicted octanol–water partition coefficient (Wildman–Crippen LogP) is 3.53. The summed E-state index contributed by atoms with van der Waals surface area (Å²) < 4.78 is 0. The molecule has 1 heteroatoms. The van der Waals surface area contributed by atoms with Gasteiger partial charge in [-0.2, -0.15) is 0 Å². The zero-order chi connectivity index (χ0) is 10.7. The highest BCUT2D eigenvalue weighted by Crippen LogP contribution is 2.27. The molecule has 1 saturated carbocycles. The van der Waals surface area contributed by atoms with Crippen LogP contribution < -0.4 is 5.32 Å². The standard InChI is InChI=1S/C14H21N/c1-11-7-6-10-14(11)15-12(2)13-8-4-3-5-9-13/h3-5,8-9,11-12,14-15H,6-7,10H2,1-2H3/t11-,12+,14-/m1/s1. The van der Waals surface area contributed by atoms with Gasteiger partial charge in [-0.05, 0) is 31.2 Å². The molecule has 0 heterocycles. The van der Waals surface area contributed by atoms with Gasteiger partial charge in [0.25, 0.3) is 0 Å². The van der Waals surface area contributed by atoms with Crippen molar-refractivity contribution in [1.82, 2.24) is 5.32 Å². The summed E-state index contributed by atoms with van der Waals surface area (Å²) in [5.74, 6) is 0.844. The molecule has 1 nitrogen and oxygen atoms in total. The minimum Gasteiger partial charge on any atom is -0.307 e. The van der Waals surface area contributed by atoms with Gasteiger partial charge in [0.1, 0.15) is 0 Å². The number of rotatable bonds is 3. The third-order valence-corrected chi connectivity index (χ3v) is 3.63. The zero-order valence-electron chi connectivity index (χ0n) is 9.74. The fourth-order valence-electron chi connectivity index (χ4n) is 2.55. The van der Waals surface area contributed by atoms with Crippen molar-refractivity contribution in [1.29, 1.82) is 0 Å². The minimum absolute atomic E-state index is 0.483. The van der Waals surface area contributed by atoms with Gasteiger partial charge in [-0.1, -0.05) is 43.7 Å². The Balaban J connectivity index is 1.95. The average Bonchev–Trinajstić information content (AvgIpc) is 2.66. The molecular formula is C14H21N. The van der Waals surface area contributed by atoms with E-state index in [9.17, 15) is 0 Å². The highest BCUT2D eigenvalue weighted by molar-refractivity contribution is 5.18. The summed E-state index contributed by atoms with van der Waals surface area (Å²) in [7, 11) is 0. The third kappa shape index (κ3) is 2.60. The van der Waals surface area contributed by atoms with Crippen LogP contribution in [-0.2, 0) is 0 Å². The molecule has 0 aromatic heterocycles. The topological polar surface area (TPSA) is 12.0 Å². The highest BCUT2D eigenvalue weighted by Gasteiger charge is 2.24. The lowest BCUT2D eigenvalue weighted by atomic mass is 10.0. The smallest absolute Gasteiger partial charge is 0.0294 e. The summed E-state index contributed by atoms with van der Waals surface area (Å²) in [6.07, 6.45) is 4.12. The molecule has 15 heavy (non-hydrogen) atoms. The van der Waals surface area contributed by atoms with Crippen LogP contribution in [0.4, 0.5) is 0 Å². The van der Waals surface area contributed by atoms with Crippen LogP contribution in [0.2, 0.25) is 0 Å². The van der Waals surface area contributed by atoms with Crippen LogP contribution in [0.25, 0.3) is 0 Å². The molecule has 1 aliphatic carbocycles. The fourth-order valence-corrected chi connectivity index (χ4v) is 2.55. The van der Waals surface area contributed by atoms with Crippen molar-refractivity contribution >= 4 is 0 Å². The second-order valence-corrected chi connectivity index (χ2v) is 4.81. The van der Waals surface area contributed by atoms with E-state index in [1.165, 1.54) is 24.8 Å². The van der Waals surface area contributed by atoms with E-state index >= 15 is 0 Å². The first-order valence-electron chi connectivity index (χ1n) is 6.08. The van der Waals surface area contributed by atoms with Crippen molar-refractivity contribution in [2.45, 2.75) is 45.2 Å². The Morgan fingerprint density at radius 3 is 2.53 bits per heavy atom. The highest BCUT2D eigenvalue weighted by atomic mass is 15.0. The van der Waals surface area contributed by atoms with Gasteiger partial charge in [0.15, 0.2) is 0 Å². The lowest BCUT2D eigenvalue weighted by Gasteiger charge is -2.23. The summed E-state index contributed by atoms with van der Waals surface area (Å²) in [4.78, 5) is 0. The summed E-state index contributed by atoms with van der Waals surface area (Å²) in [5.41, 5.74) is 1.40. The SMILES string of the molecule is C[C@H](N[C@@H]1CCC[C@H]1C)c1ccccc1. The first-order chi connectivity index (χ1) is 7.27. The molecule has 1 aliphatic rings. The van der Waals surface area contributed by atoms with E-state index in [1.807, 2.05) is 0 Å². The summed E-state index contributed by atoms with van der Waals surface area (Å²) >= 11 is 0. The van der Waals surface area contributed by atoms with Crippen LogP contribution in [0, 0.1) is 5.92 Å². The number of hydrogen-bond donors (Lipinski definition) is 1. The maximum Gasteiger partial charge on any atom is 0.0294 e. The Morgan fingerprint density at radius 2 is 1.93 bits per heavy atom. The fraction of sp³-hybridized carbons (Fsp3) is 0.571. The largest absolute Gasteiger partial charge is 0.307 e. The molecule has 1 aromatic carbocycles. The van der Waals surface area contributed by atoms with E-state index in [1.54, 1.807) is 0 Å². The zero-order valence-corrected chi connectivity index (χ0v) is 9.74. The molecule has 3 atom stereocenters. The van der Waals surface area contributed by atoms with Gasteiger partial charge in [0.2, 0.25) is 0 Å². The molecule has 1 fully saturated rings. The van der Waals surface area contributed by atoms with Crippen molar-refractivity contribution in [2.75, 3.05) is 0 Å². The molecule has 0 radical (unpaired) electrons. The molecule has 0 bridgehead atoms. The van der Waals surface area contributed by atoms with E-state index < -0.39 is 0 Å². The molecule has 0 aliphatic heterocycles. The van der Waals surface area contributed by atoms with E-state index in [0.29, 0.717) is 6.04 Å². The van der Waals surface area contributed by atoms with Crippen molar-refractivity contribution in [2.24, 2.45) is 5.92 Å². The molecule has 0 spiro atoms. The van der Waals surface area contributed by atoms with Crippen LogP contribution in [0.5, 0.6) is 0 Å². The molecule has 82 valence electrons. The van der Waals surface area contributed by atoms with E-state index in [-0.39, 0.29) is 0 Å². The van der Waals surface area contributed by atoms with Crippen LogP contribution >= 0.6 is 0 Å². The molecule has 0 saturated heterocycles. The van der Waals surface area contributed by atoms with Gasteiger partial charge in [0.05, 0.1) is 0 Å². The third-order valence-electron chi connectivity index (χ3n) is 3.63. The molecule has 2 rings (SSSR count). The Kier molecular flexibility index (Phi) is 3.42. The Bertz CT molecular complexity index is 293. The van der Waals surface area contributed by atoms with Crippen LogP contribution in [0.3, 0.4) is 0 Å². The van der Waals surface area contributed by atoms with Crippen LogP contribution in [0.15, 0.2) is 30.3 Å². The second-order valence-electron chi connectivity index (χ2n) is 4.81. The van der Waals surface area contributed by atoms with E-state index in [0.717, 1.165) is 12.0 Å². The van der Waals surface area contributed by atoms with Gasteiger partial charge >= 0.3 is 0 Å². The van der Waals surface area contributed by atoms with Crippen molar-refractivity contribution in [3.05, 3.63) is 35.9 Å². The predicted molar refractivity (Wildman–Crippen MR) is 64.8 cm³/mol. The molecule has 1 N–H and O–H groups in total. The van der Waals surface area contributed by atoms with Crippen molar-refractivity contribution < 1.29 is 0 Å². The van der Waals surface area contributed by atoms with Gasteiger partial charge < -0.3 is 5.32 Å². The van der Waals surface area contributed by atoms with E-state index in [2.05, 4.69) is 49.5 Å². The van der Waals surface area contributed by atoms with Gasteiger partial charge in [-0.3, -0.25) is 0 Å². The van der Waals surface area contributed by atoms with Crippen LogP contribution in [-0.4, -0.2) is 6.04 Å². The molecular weight excluding hydrogens is 182 g/mol. The Hall–Kier alpha value is -0.820. The monoisotopic (exact) mass is 203 g/mol. The number of nitrogens with one attached hydrogen (secondary N) is 1. The number of hydrogen-bond acceptors (Lipinski definition) is 1. The van der Waals surface area contributed by atoms with Gasteiger partial charge in [-0.25, -0.2) is 0 Å². The maximum atomic E-state index is 3.74. The summed E-state index contributed by atoms with van der Waals surface area (Å²) in [6, 6.07) is 11.9. The quantitative estimate of drug-likeness (QED) is 0.792. The average molecular weight is 203 g/mol.